The molecule has 0 bridgehead atoms. The highest BCUT2D eigenvalue weighted by Crippen LogP contribution is 2.34. The average Bonchev–Trinajstić information content (AvgIpc) is 2.63. The summed E-state index contributed by atoms with van der Waals surface area (Å²) in [6.45, 7) is 2.28. The van der Waals surface area contributed by atoms with Gasteiger partial charge in [0.2, 0.25) is 0 Å². The third kappa shape index (κ3) is 2.64. The molecule has 0 aliphatic heterocycles. The minimum atomic E-state index is 0.0158. The Morgan fingerprint density at radius 3 is 3.06 bits per heavy atom. The van der Waals surface area contributed by atoms with E-state index in [0.717, 1.165) is 12.3 Å². The molecule has 0 saturated heterocycles. The van der Waals surface area contributed by atoms with Gasteiger partial charge in [-0.3, -0.25) is 4.68 Å². The topological polar surface area (TPSA) is 43.8 Å². The maximum Gasteiger partial charge on any atom is 0.0522 e. The lowest BCUT2D eigenvalue weighted by Crippen LogP contribution is -2.46. The van der Waals surface area contributed by atoms with Crippen LogP contribution < -0.4 is 5.73 Å². The summed E-state index contributed by atoms with van der Waals surface area (Å²) in [7, 11) is 1.96. The summed E-state index contributed by atoms with van der Waals surface area (Å²) in [4.78, 5) is 0. The van der Waals surface area contributed by atoms with Crippen LogP contribution in [0.5, 0.6) is 0 Å². The molecule has 2 unspecified atom stereocenters. The standard InChI is InChI=1S/C13H23N3/c1-3-11-5-4-6-13(14,7-11)8-12-9-15-16(2)10-12/h9-11H,3-8,14H2,1-2H3. The van der Waals surface area contributed by atoms with Gasteiger partial charge in [-0.05, 0) is 30.7 Å². The third-order valence-corrected chi connectivity index (χ3v) is 3.87. The number of rotatable bonds is 3. The van der Waals surface area contributed by atoms with E-state index in [1.54, 1.807) is 0 Å². The summed E-state index contributed by atoms with van der Waals surface area (Å²) in [5, 5.41) is 4.21. The van der Waals surface area contributed by atoms with Crippen molar-refractivity contribution in [2.45, 2.75) is 51.0 Å². The van der Waals surface area contributed by atoms with E-state index in [1.165, 1.54) is 37.7 Å². The van der Waals surface area contributed by atoms with Gasteiger partial charge in [0, 0.05) is 18.8 Å². The Morgan fingerprint density at radius 2 is 2.44 bits per heavy atom. The van der Waals surface area contributed by atoms with Gasteiger partial charge in [-0.25, -0.2) is 0 Å². The van der Waals surface area contributed by atoms with Crippen molar-refractivity contribution in [1.82, 2.24) is 9.78 Å². The SMILES string of the molecule is CCC1CCCC(N)(Cc2cnn(C)c2)C1. The second-order valence-electron chi connectivity index (χ2n) is 5.43. The van der Waals surface area contributed by atoms with Crippen molar-refractivity contribution in [2.24, 2.45) is 18.7 Å². The molecule has 1 fully saturated rings. The Hall–Kier alpha value is -0.830. The van der Waals surface area contributed by atoms with Gasteiger partial charge in [-0.2, -0.15) is 5.10 Å². The van der Waals surface area contributed by atoms with Gasteiger partial charge in [0.25, 0.3) is 0 Å². The first-order chi connectivity index (χ1) is 7.61. The lowest BCUT2D eigenvalue weighted by molar-refractivity contribution is 0.218. The molecule has 90 valence electrons. The highest BCUT2D eigenvalue weighted by Gasteiger charge is 2.32. The van der Waals surface area contributed by atoms with Crippen molar-refractivity contribution in [2.75, 3.05) is 0 Å². The van der Waals surface area contributed by atoms with Crippen molar-refractivity contribution in [3.8, 4) is 0 Å². The summed E-state index contributed by atoms with van der Waals surface area (Å²) in [6.07, 6.45) is 11.3. The number of aromatic nitrogens is 2. The summed E-state index contributed by atoms with van der Waals surface area (Å²) in [6, 6.07) is 0. The molecule has 0 spiro atoms. The molecule has 1 heterocycles. The monoisotopic (exact) mass is 221 g/mol. The Bertz CT molecular complexity index is 345. The van der Waals surface area contributed by atoms with Crippen molar-refractivity contribution in [1.29, 1.82) is 0 Å². The van der Waals surface area contributed by atoms with E-state index in [2.05, 4.69) is 18.2 Å². The van der Waals surface area contributed by atoms with Gasteiger partial charge in [-0.15, -0.1) is 0 Å². The molecule has 0 radical (unpaired) electrons. The van der Waals surface area contributed by atoms with Crippen LogP contribution in [-0.2, 0) is 13.5 Å². The largest absolute Gasteiger partial charge is 0.325 e. The lowest BCUT2D eigenvalue weighted by Gasteiger charge is -2.37. The highest BCUT2D eigenvalue weighted by atomic mass is 15.2. The first-order valence-corrected chi connectivity index (χ1v) is 6.38. The maximum absolute atomic E-state index is 6.53. The Balaban J connectivity index is 2.01. The fraction of sp³-hybridized carbons (Fsp3) is 0.769. The molecule has 16 heavy (non-hydrogen) atoms. The van der Waals surface area contributed by atoms with Crippen LogP contribution in [-0.4, -0.2) is 15.3 Å². The highest BCUT2D eigenvalue weighted by molar-refractivity contribution is 5.10. The minimum absolute atomic E-state index is 0.0158. The number of aryl methyl sites for hydroxylation is 1. The second-order valence-corrected chi connectivity index (χ2v) is 5.43. The number of hydrogen-bond donors (Lipinski definition) is 1. The summed E-state index contributed by atoms with van der Waals surface area (Å²) >= 11 is 0. The zero-order chi connectivity index (χ0) is 11.6. The lowest BCUT2D eigenvalue weighted by atomic mass is 9.73. The molecular formula is C13H23N3. The molecule has 1 aliphatic carbocycles. The predicted molar refractivity (Wildman–Crippen MR) is 66.1 cm³/mol. The normalized spacial score (nSPS) is 30.6. The van der Waals surface area contributed by atoms with Crippen LogP contribution in [0.2, 0.25) is 0 Å². The zero-order valence-electron chi connectivity index (χ0n) is 10.4. The maximum atomic E-state index is 6.53. The van der Waals surface area contributed by atoms with Gasteiger partial charge >= 0.3 is 0 Å². The molecule has 1 aromatic rings. The Kier molecular flexibility index (Phi) is 3.33. The summed E-state index contributed by atoms with van der Waals surface area (Å²) in [5.41, 5.74) is 7.82. The summed E-state index contributed by atoms with van der Waals surface area (Å²) < 4.78 is 1.86. The van der Waals surface area contributed by atoms with E-state index in [9.17, 15) is 0 Å². The third-order valence-electron chi connectivity index (χ3n) is 3.87. The van der Waals surface area contributed by atoms with Crippen molar-refractivity contribution < 1.29 is 0 Å². The molecule has 2 atom stereocenters. The van der Waals surface area contributed by atoms with Crippen molar-refractivity contribution >= 4 is 0 Å². The smallest absolute Gasteiger partial charge is 0.0522 e. The van der Waals surface area contributed by atoms with E-state index in [0.29, 0.717) is 0 Å². The molecule has 3 nitrogen and oxygen atoms in total. The van der Waals surface area contributed by atoms with E-state index in [1.807, 2.05) is 17.9 Å². The van der Waals surface area contributed by atoms with Gasteiger partial charge < -0.3 is 5.73 Å². The number of hydrogen-bond acceptors (Lipinski definition) is 2. The quantitative estimate of drug-likeness (QED) is 0.851. The molecule has 1 aromatic heterocycles. The molecule has 3 heteroatoms. The average molecular weight is 221 g/mol. The Labute approximate surface area is 98.0 Å². The van der Waals surface area contributed by atoms with E-state index >= 15 is 0 Å². The second kappa shape index (κ2) is 4.58. The van der Waals surface area contributed by atoms with Crippen LogP contribution in [0.4, 0.5) is 0 Å². The van der Waals surface area contributed by atoms with Gasteiger partial charge in [0.15, 0.2) is 0 Å². The van der Waals surface area contributed by atoms with Crippen LogP contribution in [0, 0.1) is 5.92 Å². The molecule has 0 amide bonds. The number of nitrogens with zero attached hydrogens (tertiary/aromatic N) is 2. The van der Waals surface area contributed by atoms with E-state index in [-0.39, 0.29) is 5.54 Å². The zero-order valence-corrected chi connectivity index (χ0v) is 10.4. The summed E-state index contributed by atoms with van der Waals surface area (Å²) in [5.74, 6) is 0.829. The fourth-order valence-electron chi connectivity index (χ4n) is 3.00. The molecule has 1 saturated carbocycles. The van der Waals surface area contributed by atoms with Crippen LogP contribution in [0.3, 0.4) is 0 Å². The first-order valence-electron chi connectivity index (χ1n) is 6.38. The first kappa shape index (κ1) is 11.6. The molecule has 2 rings (SSSR count). The minimum Gasteiger partial charge on any atom is -0.325 e. The van der Waals surface area contributed by atoms with Crippen LogP contribution in [0.1, 0.15) is 44.6 Å². The molecular weight excluding hydrogens is 198 g/mol. The van der Waals surface area contributed by atoms with Crippen molar-refractivity contribution in [3.63, 3.8) is 0 Å². The van der Waals surface area contributed by atoms with Crippen molar-refractivity contribution in [3.05, 3.63) is 18.0 Å². The van der Waals surface area contributed by atoms with Gasteiger partial charge in [0.05, 0.1) is 6.20 Å². The Morgan fingerprint density at radius 1 is 1.62 bits per heavy atom. The van der Waals surface area contributed by atoms with Gasteiger partial charge in [-0.1, -0.05) is 26.2 Å². The van der Waals surface area contributed by atoms with Crippen LogP contribution >= 0.6 is 0 Å². The van der Waals surface area contributed by atoms with E-state index in [4.69, 9.17) is 5.73 Å². The molecule has 2 N–H and O–H groups in total. The number of nitrogens with two attached hydrogens (primary N) is 1. The van der Waals surface area contributed by atoms with Crippen LogP contribution in [0.25, 0.3) is 0 Å². The predicted octanol–water partition coefficient (Wildman–Crippen LogP) is 2.26. The van der Waals surface area contributed by atoms with Crippen LogP contribution in [0.15, 0.2) is 12.4 Å². The molecule has 1 aliphatic rings. The van der Waals surface area contributed by atoms with E-state index < -0.39 is 0 Å². The molecule has 0 aromatic carbocycles. The van der Waals surface area contributed by atoms with Gasteiger partial charge in [0.1, 0.15) is 0 Å². The fourth-order valence-corrected chi connectivity index (χ4v) is 3.00.